The monoisotopic (exact) mass is 256 g/mol. The molecule has 2 aromatic carbocycles. The third kappa shape index (κ3) is 2.05. The van der Waals surface area contributed by atoms with Crippen molar-refractivity contribution in [1.82, 2.24) is 9.97 Å². The second kappa shape index (κ2) is 4.72. The maximum atomic E-state index is 13.7. The smallest absolute Gasteiger partial charge is 0.151 e. The molecule has 0 aliphatic rings. The van der Waals surface area contributed by atoms with Gasteiger partial charge in [-0.05, 0) is 31.2 Å². The normalized spacial score (nSPS) is 10.8. The number of imidazole rings is 1. The summed E-state index contributed by atoms with van der Waals surface area (Å²) in [6, 6.07) is 12.5. The first-order valence-electron chi connectivity index (χ1n) is 6.16. The highest BCUT2D eigenvalue weighted by molar-refractivity contribution is 5.81. The largest absolute Gasteiger partial charge is 0.493 e. The fraction of sp³-hybridized carbons (Fsp3) is 0.133. The molecule has 0 unspecified atom stereocenters. The van der Waals surface area contributed by atoms with E-state index in [-0.39, 0.29) is 5.82 Å². The number of aromatic nitrogens is 2. The van der Waals surface area contributed by atoms with Crippen LogP contribution >= 0.6 is 0 Å². The van der Waals surface area contributed by atoms with Gasteiger partial charge in [-0.25, -0.2) is 9.37 Å². The van der Waals surface area contributed by atoms with Crippen LogP contribution in [0.1, 0.15) is 6.92 Å². The van der Waals surface area contributed by atoms with E-state index in [4.69, 9.17) is 4.74 Å². The Kier molecular flexibility index (Phi) is 2.91. The van der Waals surface area contributed by atoms with Gasteiger partial charge in [0.1, 0.15) is 17.1 Å². The molecule has 3 nitrogen and oxygen atoms in total. The van der Waals surface area contributed by atoms with Crippen LogP contribution in [0.2, 0.25) is 0 Å². The summed E-state index contributed by atoms with van der Waals surface area (Å²) in [5.74, 6) is 1.03. The fourth-order valence-electron chi connectivity index (χ4n) is 2.07. The van der Waals surface area contributed by atoms with Crippen LogP contribution in [0.25, 0.3) is 22.4 Å². The zero-order chi connectivity index (χ0) is 13.2. The van der Waals surface area contributed by atoms with Gasteiger partial charge in [-0.1, -0.05) is 18.2 Å². The van der Waals surface area contributed by atoms with Crippen LogP contribution in [0.5, 0.6) is 5.75 Å². The Morgan fingerprint density at radius 2 is 2.00 bits per heavy atom. The Morgan fingerprint density at radius 3 is 2.79 bits per heavy atom. The van der Waals surface area contributed by atoms with Gasteiger partial charge in [0.15, 0.2) is 5.82 Å². The van der Waals surface area contributed by atoms with Crippen LogP contribution in [0.4, 0.5) is 4.39 Å². The summed E-state index contributed by atoms with van der Waals surface area (Å²) >= 11 is 0. The van der Waals surface area contributed by atoms with Gasteiger partial charge < -0.3 is 9.72 Å². The number of hydrogen-bond donors (Lipinski definition) is 1. The van der Waals surface area contributed by atoms with E-state index >= 15 is 0 Å². The second-order valence-corrected chi connectivity index (χ2v) is 4.15. The van der Waals surface area contributed by atoms with Crippen molar-refractivity contribution >= 4 is 11.0 Å². The molecule has 1 aromatic heterocycles. The average molecular weight is 256 g/mol. The van der Waals surface area contributed by atoms with E-state index in [0.717, 1.165) is 11.3 Å². The summed E-state index contributed by atoms with van der Waals surface area (Å²) in [7, 11) is 0. The van der Waals surface area contributed by atoms with E-state index in [2.05, 4.69) is 9.97 Å². The summed E-state index contributed by atoms with van der Waals surface area (Å²) in [6.07, 6.45) is 0. The first-order chi connectivity index (χ1) is 9.29. The number of nitrogens with zero attached hydrogens (tertiary/aromatic N) is 1. The fourth-order valence-corrected chi connectivity index (χ4v) is 2.07. The number of para-hydroxylation sites is 2. The minimum absolute atomic E-state index is 0.325. The molecule has 0 aliphatic carbocycles. The Labute approximate surface area is 110 Å². The van der Waals surface area contributed by atoms with E-state index in [9.17, 15) is 4.39 Å². The van der Waals surface area contributed by atoms with Gasteiger partial charge in [0.2, 0.25) is 0 Å². The summed E-state index contributed by atoms with van der Waals surface area (Å²) in [5, 5.41) is 0. The van der Waals surface area contributed by atoms with E-state index in [1.165, 1.54) is 6.07 Å². The predicted molar refractivity (Wildman–Crippen MR) is 72.7 cm³/mol. The number of benzene rings is 2. The number of ether oxygens (including phenoxy) is 1. The lowest BCUT2D eigenvalue weighted by Gasteiger charge is -2.07. The maximum absolute atomic E-state index is 13.7. The standard InChI is InChI=1S/C15H13FN2O/c1-2-19-13-9-4-3-6-10(13)15-17-12-8-5-7-11(16)14(12)18-15/h3-9H,2H2,1H3,(H,17,18). The molecule has 0 saturated heterocycles. The van der Waals surface area contributed by atoms with Crippen molar-refractivity contribution in [3.8, 4) is 17.1 Å². The van der Waals surface area contributed by atoms with E-state index in [0.29, 0.717) is 23.5 Å². The van der Waals surface area contributed by atoms with Crippen molar-refractivity contribution in [1.29, 1.82) is 0 Å². The highest BCUT2D eigenvalue weighted by Crippen LogP contribution is 2.29. The van der Waals surface area contributed by atoms with Gasteiger partial charge in [0, 0.05) is 0 Å². The molecule has 0 bridgehead atoms. The van der Waals surface area contributed by atoms with Gasteiger partial charge in [-0.3, -0.25) is 0 Å². The average Bonchev–Trinajstić information content (AvgIpc) is 2.85. The zero-order valence-corrected chi connectivity index (χ0v) is 10.5. The molecule has 0 spiro atoms. The van der Waals surface area contributed by atoms with Gasteiger partial charge in [0.05, 0.1) is 17.7 Å². The molecule has 0 radical (unpaired) electrons. The minimum atomic E-state index is -0.325. The van der Waals surface area contributed by atoms with Gasteiger partial charge >= 0.3 is 0 Å². The molecule has 0 amide bonds. The van der Waals surface area contributed by atoms with Crippen LogP contribution in [0.3, 0.4) is 0 Å². The molecule has 0 saturated carbocycles. The molecule has 3 aromatic rings. The van der Waals surface area contributed by atoms with Crippen LogP contribution < -0.4 is 4.74 Å². The van der Waals surface area contributed by atoms with Gasteiger partial charge in [-0.2, -0.15) is 0 Å². The summed E-state index contributed by atoms with van der Waals surface area (Å²) < 4.78 is 19.2. The Morgan fingerprint density at radius 1 is 1.16 bits per heavy atom. The van der Waals surface area contributed by atoms with Crippen LogP contribution in [0.15, 0.2) is 42.5 Å². The summed E-state index contributed by atoms with van der Waals surface area (Å²) in [4.78, 5) is 7.44. The Hall–Kier alpha value is -2.36. The van der Waals surface area contributed by atoms with Crippen molar-refractivity contribution in [3.63, 3.8) is 0 Å². The molecule has 1 heterocycles. The van der Waals surface area contributed by atoms with Crippen LogP contribution in [-0.4, -0.2) is 16.6 Å². The second-order valence-electron chi connectivity index (χ2n) is 4.15. The molecular formula is C15H13FN2O. The summed E-state index contributed by atoms with van der Waals surface area (Å²) in [5.41, 5.74) is 1.87. The molecule has 0 atom stereocenters. The molecule has 19 heavy (non-hydrogen) atoms. The predicted octanol–water partition coefficient (Wildman–Crippen LogP) is 3.77. The van der Waals surface area contributed by atoms with Crippen molar-refractivity contribution in [2.75, 3.05) is 6.61 Å². The summed E-state index contributed by atoms with van der Waals surface area (Å²) in [6.45, 7) is 2.50. The number of halogens is 1. The number of nitrogens with one attached hydrogen (secondary N) is 1. The molecule has 96 valence electrons. The van der Waals surface area contributed by atoms with Crippen molar-refractivity contribution in [3.05, 3.63) is 48.3 Å². The van der Waals surface area contributed by atoms with E-state index in [1.807, 2.05) is 31.2 Å². The minimum Gasteiger partial charge on any atom is -0.493 e. The SMILES string of the molecule is CCOc1ccccc1-c1nc2c(F)cccc2[nH]1. The Bertz CT molecular complexity index is 721. The first kappa shape index (κ1) is 11.7. The van der Waals surface area contributed by atoms with Crippen molar-refractivity contribution in [2.45, 2.75) is 6.92 Å². The lowest BCUT2D eigenvalue weighted by Crippen LogP contribution is -1.94. The maximum Gasteiger partial charge on any atom is 0.151 e. The number of H-pyrrole nitrogens is 1. The van der Waals surface area contributed by atoms with Gasteiger partial charge in [-0.15, -0.1) is 0 Å². The van der Waals surface area contributed by atoms with E-state index < -0.39 is 0 Å². The lowest BCUT2D eigenvalue weighted by atomic mass is 10.2. The number of aromatic amines is 1. The third-order valence-electron chi connectivity index (χ3n) is 2.91. The van der Waals surface area contributed by atoms with Gasteiger partial charge in [0.25, 0.3) is 0 Å². The Balaban J connectivity index is 2.17. The molecule has 1 N–H and O–H groups in total. The first-order valence-corrected chi connectivity index (χ1v) is 6.16. The quantitative estimate of drug-likeness (QED) is 0.774. The number of rotatable bonds is 3. The number of fused-ring (bicyclic) bond motifs is 1. The van der Waals surface area contributed by atoms with E-state index in [1.54, 1.807) is 12.1 Å². The molecule has 3 rings (SSSR count). The third-order valence-corrected chi connectivity index (χ3v) is 2.91. The molecular weight excluding hydrogens is 243 g/mol. The molecule has 0 fully saturated rings. The zero-order valence-electron chi connectivity index (χ0n) is 10.5. The van der Waals surface area contributed by atoms with Crippen LogP contribution in [0, 0.1) is 5.82 Å². The lowest BCUT2D eigenvalue weighted by molar-refractivity contribution is 0.341. The molecule has 0 aliphatic heterocycles. The number of hydrogen-bond acceptors (Lipinski definition) is 2. The highest BCUT2D eigenvalue weighted by atomic mass is 19.1. The highest BCUT2D eigenvalue weighted by Gasteiger charge is 2.12. The van der Waals surface area contributed by atoms with Crippen LogP contribution in [-0.2, 0) is 0 Å². The van der Waals surface area contributed by atoms with Crippen molar-refractivity contribution in [2.24, 2.45) is 0 Å². The molecule has 4 heteroatoms. The topological polar surface area (TPSA) is 37.9 Å². The van der Waals surface area contributed by atoms with Crippen molar-refractivity contribution < 1.29 is 9.13 Å².